The van der Waals surface area contributed by atoms with Crippen LogP contribution in [0.25, 0.3) is 11.1 Å². The lowest BCUT2D eigenvalue weighted by molar-refractivity contribution is -0.141. The molecule has 0 aromatic heterocycles. The Kier molecular flexibility index (Phi) is 6.51. The molecule has 2 aromatic rings. The fourth-order valence-corrected chi connectivity index (χ4v) is 2.29. The highest BCUT2D eigenvalue weighted by Crippen LogP contribution is 2.19. The Hall–Kier alpha value is -2.66. The molecule has 0 fully saturated rings. The molecule has 0 N–H and O–H groups in total. The van der Waals surface area contributed by atoms with E-state index in [4.69, 9.17) is 4.74 Å². The predicted molar refractivity (Wildman–Crippen MR) is 91.7 cm³/mol. The zero-order chi connectivity index (χ0) is 17.4. The lowest BCUT2D eigenvalue weighted by Crippen LogP contribution is -2.38. The van der Waals surface area contributed by atoms with Crippen molar-refractivity contribution in [2.24, 2.45) is 0 Å². The minimum Gasteiger partial charge on any atom is -0.468 e. The van der Waals surface area contributed by atoms with Crippen LogP contribution in [0.5, 0.6) is 0 Å². The van der Waals surface area contributed by atoms with Crippen LogP contribution < -0.4 is 0 Å². The third-order valence-electron chi connectivity index (χ3n) is 3.64. The van der Waals surface area contributed by atoms with Crippen molar-refractivity contribution in [1.29, 1.82) is 0 Å². The Morgan fingerprint density at radius 2 is 1.54 bits per heavy atom. The highest BCUT2D eigenvalue weighted by Gasteiger charge is 2.19. The third-order valence-corrected chi connectivity index (χ3v) is 3.64. The first-order valence-corrected chi connectivity index (χ1v) is 7.66. The Labute approximate surface area is 141 Å². The first kappa shape index (κ1) is 17.7. The van der Waals surface area contributed by atoms with Crippen LogP contribution in [0.2, 0.25) is 0 Å². The fraction of sp³-hybridized carbons (Fsp3) is 0.263. The third kappa shape index (κ3) is 4.67. The summed E-state index contributed by atoms with van der Waals surface area (Å²) < 4.78 is 9.65. The topological polar surface area (TPSA) is 55.8 Å². The highest BCUT2D eigenvalue weighted by molar-refractivity contribution is 5.96. The number of rotatable bonds is 7. The Bertz CT molecular complexity index is 668. The van der Waals surface area contributed by atoms with Gasteiger partial charge in [0.25, 0.3) is 5.91 Å². The molecule has 0 bridgehead atoms. The highest BCUT2D eigenvalue weighted by atomic mass is 16.5. The van der Waals surface area contributed by atoms with Crippen molar-refractivity contribution in [2.75, 3.05) is 33.9 Å². The van der Waals surface area contributed by atoms with Crippen LogP contribution in [-0.2, 0) is 14.3 Å². The van der Waals surface area contributed by atoms with E-state index in [2.05, 4.69) is 4.74 Å². The van der Waals surface area contributed by atoms with Gasteiger partial charge in [0.15, 0.2) is 0 Å². The SMILES string of the molecule is COCCN(CC(=O)OC)C(=O)c1ccc(-c2ccccc2)cc1. The molecule has 0 aliphatic heterocycles. The molecule has 126 valence electrons. The zero-order valence-electron chi connectivity index (χ0n) is 13.9. The van der Waals surface area contributed by atoms with Gasteiger partial charge in [-0.05, 0) is 23.3 Å². The van der Waals surface area contributed by atoms with E-state index in [0.717, 1.165) is 11.1 Å². The normalized spacial score (nSPS) is 10.2. The van der Waals surface area contributed by atoms with Gasteiger partial charge in [-0.15, -0.1) is 0 Å². The molecule has 5 heteroatoms. The van der Waals surface area contributed by atoms with Crippen LogP contribution in [-0.4, -0.2) is 50.7 Å². The molecule has 2 rings (SSSR count). The summed E-state index contributed by atoms with van der Waals surface area (Å²) in [5.74, 6) is -0.683. The first-order valence-electron chi connectivity index (χ1n) is 7.66. The van der Waals surface area contributed by atoms with Crippen molar-refractivity contribution in [3.8, 4) is 11.1 Å². The molecule has 0 radical (unpaired) electrons. The van der Waals surface area contributed by atoms with Crippen LogP contribution >= 0.6 is 0 Å². The number of amides is 1. The summed E-state index contributed by atoms with van der Waals surface area (Å²) >= 11 is 0. The molecule has 0 aliphatic carbocycles. The molecule has 0 heterocycles. The number of carbonyl (C=O) groups excluding carboxylic acids is 2. The van der Waals surface area contributed by atoms with E-state index in [1.807, 2.05) is 42.5 Å². The van der Waals surface area contributed by atoms with Gasteiger partial charge in [0.2, 0.25) is 0 Å². The van der Waals surface area contributed by atoms with Crippen molar-refractivity contribution in [3.63, 3.8) is 0 Å². The van der Waals surface area contributed by atoms with E-state index in [-0.39, 0.29) is 12.5 Å². The molecule has 0 spiro atoms. The van der Waals surface area contributed by atoms with Gasteiger partial charge in [-0.2, -0.15) is 0 Å². The number of hydrogen-bond acceptors (Lipinski definition) is 4. The van der Waals surface area contributed by atoms with Gasteiger partial charge in [-0.1, -0.05) is 42.5 Å². The average Bonchev–Trinajstić information content (AvgIpc) is 2.65. The lowest BCUT2D eigenvalue weighted by atomic mass is 10.0. The summed E-state index contributed by atoms with van der Waals surface area (Å²) in [7, 11) is 2.85. The fourth-order valence-electron chi connectivity index (χ4n) is 2.29. The number of methoxy groups -OCH3 is 2. The van der Waals surface area contributed by atoms with Gasteiger partial charge in [0.05, 0.1) is 13.7 Å². The van der Waals surface area contributed by atoms with Crippen molar-refractivity contribution in [3.05, 3.63) is 60.2 Å². The minimum absolute atomic E-state index is 0.0981. The number of nitrogens with zero attached hydrogens (tertiary/aromatic N) is 1. The number of esters is 1. The molecule has 0 unspecified atom stereocenters. The van der Waals surface area contributed by atoms with E-state index in [0.29, 0.717) is 18.7 Å². The van der Waals surface area contributed by atoms with Gasteiger partial charge >= 0.3 is 5.97 Å². The quantitative estimate of drug-likeness (QED) is 0.734. The maximum absolute atomic E-state index is 12.6. The zero-order valence-corrected chi connectivity index (χ0v) is 13.9. The predicted octanol–water partition coefficient (Wildman–Crippen LogP) is 2.62. The van der Waals surface area contributed by atoms with E-state index >= 15 is 0 Å². The van der Waals surface area contributed by atoms with Crippen molar-refractivity contribution >= 4 is 11.9 Å². The van der Waals surface area contributed by atoms with E-state index in [1.54, 1.807) is 19.2 Å². The second kappa shape index (κ2) is 8.84. The molecular formula is C19H21NO4. The summed E-state index contributed by atoms with van der Waals surface area (Å²) in [5.41, 5.74) is 2.64. The summed E-state index contributed by atoms with van der Waals surface area (Å²) in [6.45, 7) is 0.578. The summed E-state index contributed by atoms with van der Waals surface area (Å²) in [5, 5.41) is 0. The minimum atomic E-state index is -0.458. The number of carbonyl (C=O) groups is 2. The summed E-state index contributed by atoms with van der Waals surface area (Å²) in [4.78, 5) is 25.5. The maximum Gasteiger partial charge on any atom is 0.325 e. The van der Waals surface area contributed by atoms with Gasteiger partial charge in [0, 0.05) is 19.2 Å². The van der Waals surface area contributed by atoms with Gasteiger partial charge < -0.3 is 14.4 Å². The summed E-state index contributed by atoms with van der Waals surface area (Å²) in [6, 6.07) is 17.3. The Balaban J connectivity index is 2.15. The van der Waals surface area contributed by atoms with Gasteiger partial charge in [-0.3, -0.25) is 9.59 Å². The molecule has 24 heavy (non-hydrogen) atoms. The van der Waals surface area contributed by atoms with E-state index in [1.165, 1.54) is 12.0 Å². The maximum atomic E-state index is 12.6. The van der Waals surface area contributed by atoms with Gasteiger partial charge in [-0.25, -0.2) is 0 Å². The second-order valence-corrected chi connectivity index (χ2v) is 5.24. The van der Waals surface area contributed by atoms with Crippen LogP contribution in [0.1, 0.15) is 10.4 Å². The first-order chi connectivity index (χ1) is 11.7. The summed E-state index contributed by atoms with van der Waals surface area (Å²) in [6.07, 6.45) is 0. The standard InChI is InChI=1S/C19H21NO4/c1-23-13-12-20(14-18(21)24-2)19(22)17-10-8-16(9-11-17)15-6-4-3-5-7-15/h3-11H,12-14H2,1-2H3. The molecule has 0 atom stereocenters. The molecule has 0 saturated heterocycles. The molecule has 0 saturated carbocycles. The smallest absolute Gasteiger partial charge is 0.325 e. The van der Waals surface area contributed by atoms with Crippen LogP contribution in [0, 0.1) is 0 Å². The Morgan fingerprint density at radius 1 is 0.917 bits per heavy atom. The Morgan fingerprint density at radius 3 is 2.12 bits per heavy atom. The number of benzene rings is 2. The monoisotopic (exact) mass is 327 g/mol. The van der Waals surface area contributed by atoms with Crippen LogP contribution in [0.3, 0.4) is 0 Å². The molecule has 2 aromatic carbocycles. The molecule has 1 amide bonds. The van der Waals surface area contributed by atoms with Crippen molar-refractivity contribution in [2.45, 2.75) is 0 Å². The van der Waals surface area contributed by atoms with E-state index in [9.17, 15) is 9.59 Å². The van der Waals surface area contributed by atoms with Crippen molar-refractivity contribution < 1.29 is 19.1 Å². The van der Waals surface area contributed by atoms with Gasteiger partial charge in [0.1, 0.15) is 6.54 Å². The largest absolute Gasteiger partial charge is 0.468 e. The number of ether oxygens (including phenoxy) is 2. The number of hydrogen-bond donors (Lipinski definition) is 0. The molecule has 0 aliphatic rings. The molecular weight excluding hydrogens is 306 g/mol. The molecule has 5 nitrogen and oxygen atoms in total. The average molecular weight is 327 g/mol. The second-order valence-electron chi connectivity index (χ2n) is 5.24. The van der Waals surface area contributed by atoms with Crippen molar-refractivity contribution in [1.82, 2.24) is 4.90 Å². The van der Waals surface area contributed by atoms with E-state index < -0.39 is 5.97 Å². The van der Waals surface area contributed by atoms with Crippen LogP contribution in [0.4, 0.5) is 0 Å². The lowest BCUT2D eigenvalue weighted by Gasteiger charge is -2.21. The van der Waals surface area contributed by atoms with Crippen LogP contribution in [0.15, 0.2) is 54.6 Å².